The number of halogens is 1. The van der Waals surface area contributed by atoms with Crippen LogP contribution in [0.5, 0.6) is 5.75 Å². The van der Waals surface area contributed by atoms with Crippen LogP contribution in [0.15, 0.2) is 24.3 Å². The van der Waals surface area contributed by atoms with E-state index in [-0.39, 0.29) is 17.1 Å². The average molecular weight is 235 g/mol. The quantitative estimate of drug-likeness (QED) is 0.854. The highest BCUT2D eigenvalue weighted by atomic mass is 19.1. The number of benzene rings is 1. The molecule has 0 spiro atoms. The van der Waals surface area contributed by atoms with Gasteiger partial charge in [0.25, 0.3) is 0 Å². The van der Waals surface area contributed by atoms with E-state index in [1.54, 1.807) is 6.07 Å². The summed E-state index contributed by atoms with van der Waals surface area (Å²) in [4.78, 5) is 0. The summed E-state index contributed by atoms with van der Waals surface area (Å²) in [6.45, 7) is 2.05. The Kier molecular flexibility index (Phi) is 3.20. The van der Waals surface area contributed by atoms with Crippen molar-refractivity contribution < 1.29 is 9.13 Å². The van der Waals surface area contributed by atoms with Crippen LogP contribution in [0.2, 0.25) is 0 Å². The van der Waals surface area contributed by atoms with Gasteiger partial charge >= 0.3 is 0 Å². The van der Waals surface area contributed by atoms with E-state index in [4.69, 9.17) is 10.5 Å². The molecule has 2 nitrogen and oxygen atoms in total. The average Bonchev–Trinajstić information content (AvgIpc) is 2.29. The van der Waals surface area contributed by atoms with E-state index in [9.17, 15) is 4.39 Å². The predicted octanol–water partition coefficient (Wildman–Crippen LogP) is 3.12. The second kappa shape index (κ2) is 4.49. The fourth-order valence-electron chi connectivity index (χ4n) is 2.11. The van der Waals surface area contributed by atoms with E-state index < -0.39 is 0 Å². The normalized spacial score (nSPS) is 24.4. The number of allylic oxidation sites excluding steroid dienone is 1. The van der Waals surface area contributed by atoms with Gasteiger partial charge in [-0.1, -0.05) is 12.1 Å². The van der Waals surface area contributed by atoms with Gasteiger partial charge in [0.1, 0.15) is 0 Å². The number of methoxy groups -OCH3 is 1. The van der Waals surface area contributed by atoms with E-state index in [0.717, 1.165) is 24.8 Å². The minimum absolute atomic E-state index is 0.117. The predicted molar refractivity (Wildman–Crippen MR) is 67.4 cm³/mol. The molecule has 0 aromatic heterocycles. The molecule has 3 heteroatoms. The topological polar surface area (TPSA) is 35.2 Å². The number of rotatable bonds is 2. The van der Waals surface area contributed by atoms with Crippen molar-refractivity contribution >= 4 is 5.57 Å². The Balaban J connectivity index is 2.24. The zero-order valence-corrected chi connectivity index (χ0v) is 10.3. The van der Waals surface area contributed by atoms with E-state index in [1.165, 1.54) is 18.7 Å². The summed E-state index contributed by atoms with van der Waals surface area (Å²) in [5, 5.41) is 0. The Morgan fingerprint density at radius 3 is 2.71 bits per heavy atom. The molecule has 0 bridgehead atoms. The standard InChI is InChI=1S/C14H18FNO/c1-14(16)7-5-10(6-8-14)11-3-4-13(17-2)12(15)9-11/h3-5,9H,6-8,16H2,1-2H3. The first-order valence-electron chi connectivity index (χ1n) is 5.84. The van der Waals surface area contributed by atoms with Crippen LogP contribution in [0.4, 0.5) is 4.39 Å². The lowest BCUT2D eigenvalue weighted by Gasteiger charge is -2.28. The van der Waals surface area contributed by atoms with Crippen LogP contribution in [0, 0.1) is 5.82 Å². The maximum Gasteiger partial charge on any atom is 0.165 e. The summed E-state index contributed by atoms with van der Waals surface area (Å²) in [6, 6.07) is 5.10. The summed E-state index contributed by atoms with van der Waals surface area (Å²) in [5.41, 5.74) is 8.04. The van der Waals surface area contributed by atoms with Gasteiger partial charge in [-0.25, -0.2) is 4.39 Å². The third kappa shape index (κ3) is 2.67. The zero-order valence-electron chi connectivity index (χ0n) is 10.3. The van der Waals surface area contributed by atoms with Crippen LogP contribution in [0.25, 0.3) is 5.57 Å². The molecule has 0 radical (unpaired) electrons. The molecule has 1 unspecified atom stereocenters. The van der Waals surface area contributed by atoms with Gasteiger partial charge in [0.15, 0.2) is 11.6 Å². The summed E-state index contributed by atoms with van der Waals surface area (Å²) in [7, 11) is 1.47. The maximum atomic E-state index is 13.6. The fourth-order valence-corrected chi connectivity index (χ4v) is 2.11. The van der Waals surface area contributed by atoms with Crippen LogP contribution in [0.1, 0.15) is 31.7 Å². The summed E-state index contributed by atoms with van der Waals surface area (Å²) in [5.74, 6) is -0.0270. The summed E-state index contributed by atoms with van der Waals surface area (Å²) >= 11 is 0. The first-order valence-corrected chi connectivity index (χ1v) is 5.84. The van der Waals surface area contributed by atoms with Gasteiger partial charge < -0.3 is 10.5 Å². The van der Waals surface area contributed by atoms with Gasteiger partial charge in [-0.05, 0) is 49.5 Å². The highest BCUT2D eigenvalue weighted by Crippen LogP contribution is 2.32. The molecule has 1 aliphatic rings. The molecule has 0 amide bonds. The van der Waals surface area contributed by atoms with Crippen molar-refractivity contribution in [2.24, 2.45) is 5.73 Å². The molecule has 1 aromatic rings. The van der Waals surface area contributed by atoms with Crippen LogP contribution >= 0.6 is 0 Å². The Morgan fingerprint density at radius 1 is 1.41 bits per heavy atom. The minimum atomic E-state index is -0.313. The SMILES string of the molecule is COc1ccc(C2=CCC(C)(N)CC2)cc1F. The zero-order chi connectivity index (χ0) is 12.5. The van der Waals surface area contributed by atoms with Crippen molar-refractivity contribution in [3.05, 3.63) is 35.7 Å². The molecule has 0 saturated carbocycles. The molecular weight excluding hydrogens is 217 g/mol. The van der Waals surface area contributed by atoms with Crippen molar-refractivity contribution in [1.82, 2.24) is 0 Å². The lowest BCUT2D eigenvalue weighted by atomic mass is 9.83. The third-order valence-electron chi connectivity index (χ3n) is 3.30. The minimum Gasteiger partial charge on any atom is -0.494 e. The number of hydrogen-bond acceptors (Lipinski definition) is 2. The summed E-state index contributed by atoms with van der Waals surface area (Å²) in [6.07, 6.45) is 4.80. The molecule has 92 valence electrons. The Bertz CT molecular complexity index is 452. The first kappa shape index (κ1) is 12.1. The monoisotopic (exact) mass is 235 g/mol. The molecule has 0 aliphatic heterocycles. The molecule has 0 saturated heterocycles. The van der Waals surface area contributed by atoms with Crippen molar-refractivity contribution in [3.63, 3.8) is 0 Å². The van der Waals surface area contributed by atoms with Crippen molar-refractivity contribution in [2.75, 3.05) is 7.11 Å². The van der Waals surface area contributed by atoms with Gasteiger partial charge in [-0.15, -0.1) is 0 Å². The van der Waals surface area contributed by atoms with Gasteiger partial charge in [-0.2, -0.15) is 0 Å². The molecule has 1 aliphatic carbocycles. The van der Waals surface area contributed by atoms with Gasteiger partial charge in [-0.3, -0.25) is 0 Å². The number of nitrogens with two attached hydrogens (primary N) is 1. The maximum absolute atomic E-state index is 13.6. The number of ether oxygens (including phenoxy) is 1. The van der Waals surface area contributed by atoms with E-state index >= 15 is 0 Å². The van der Waals surface area contributed by atoms with E-state index in [1.807, 2.05) is 6.07 Å². The highest BCUT2D eigenvalue weighted by Gasteiger charge is 2.22. The highest BCUT2D eigenvalue weighted by molar-refractivity contribution is 5.67. The van der Waals surface area contributed by atoms with Gasteiger partial charge in [0.05, 0.1) is 7.11 Å². The first-order chi connectivity index (χ1) is 8.02. The Labute approximate surface area is 101 Å². The van der Waals surface area contributed by atoms with E-state index in [0.29, 0.717) is 0 Å². The van der Waals surface area contributed by atoms with Gasteiger partial charge in [0.2, 0.25) is 0 Å². The Morgan fingerprint density at radius 2 is 2.18 bits per heavy atom. The largest absolute Gasteiger partial charge is 0.494 e. The van der Waals surface area contributed by atoms with E-state index in [2.05, 4.69) is 13.0 Å². The molecule has 0 heterocycles. The Hall–Kier alpha value is -1.35. The molecule has 1 aromatic carbocycles. The molecule has 1 atom stereocenters. The number of hydrogen-bond donors (Lipinski definition) is 1. The lowest BCUT2D eigenvalue weighted by Crippen LogP contribution is -2.37. The van der Waals surface area contributed by atoms with Gasteiger partial charge in [0, 0.05) is 5.54 Å². The smallest absolute Gasteiger partial charge is 0.165 e. The fraction of sp³-hybridized carbons (Fsp3) is 0.429. The molecular formula is C14H18FNO. The molecule has 17 heavy (non-hydrogen) atoms. The van der Waals surface area contributed by atoms with Crippen molar-refractivity contribution in [2.45, 2.75) is 31.7 Å². The molecule has 2 N–H and O–H groups in total. The van der Waals surface area contributed by atoms with Crippen LogP contribution < -0.4 is 10.5 Å². The third-order valence-corrected chi connectivity index (χ3v) is 3.30. The summed E-state index contributed by atoms with van der Waals surface area (Å²) < 4.78 is 18.5. The van der Waals surface area contributed by atoms with Crippen LogP contribution in [-0.2, 0) is 0 Å². The lowest BCUT2D eigenvalue weighted by molar-refractivity contribution is 0.386. The second-order valence-corrected chi connectivity index (χ2v) is 4.94. The molecule has 0 fully saturated rings. The van der Waals surface area contributed by atoms with Crippen LogP contribution in [-0.4, -0.2) is 12.6 Å². The van der Waals surface area contributed by atoms with Crippen molar-refractivity contribution in [3.8, 4) is 5.75 Å². The van der Waals surface area contributed by atoms with Crippen molar-refractivity contribution in [1.29, 1.82) is 0 Å². The second-order valence-electron chi connectivity index (χ2n) is 4.94. The van der Waals surface area contributed by atoms with Crippen LogP contribution in [0.3, 0.4) is 0 Å². The molecule has 2 rings (SSSR count).